The van der Waals surface area contributed by atoms with E-state index in [9.17, 15) is 8.42 Å². The second-order valence-corrected chi connectivity index (χ2v) is 7.03. The lowest BCUT2D eigenvalue weighted by Gasteiger charge is -2.33. The topological polar surface area (TPSA) is 75.4 Å². The molecule has 1 unspecified atom stereocenters. The van der Waals surface area contributed by atoms with Gasteiger partial charge in [-0.1, -0.05) is 36.2 Å². The first-order valence-electron chi connectivity index (χ1n) is 6.74. The molecule has 0 aromatic heterocycles. The van der Waals surface area contributed by atoms with Crippen LogP contribution < -0.4 is 10.5 Å². The van der Waals surface area contributed by atoms with E-state index in [-0.39, 0.29) is 12.6 Å². The van der Waals surface area contributed by atoms with E-state index < -0.39 is 10.2 Å². The van der Waals surface area contributed by atoms with E-state index in [1.807, 2.05) is 18.2 Å². The molecular weight excluding hydrogens is 298 g/mol. The summed E-state index contributed by atoms with van der Waals surface area (Å²) in [6, 6.07) is 7.09. The second-order valence-electron chi connectivity index (χ2n) is 4.91. The fourth-order valence-electron chi connectivity index (χ4n) is 2.42. The van der Waals surface area contributed by atoms with Crippen molar-refractivity contribution in [3.05, 3.63) is 34.9 Å². The molecule has 1 aromatic rings. The van der Waals surface area contributed by atoms with Gasteiger partial charge in [-0.2, -0.15) is 17.4 Å². The first-order chi connectivity index (χ1) is 9.54. The summed E-state index contributed by atoms with van der Waals surface area (Å²) < 4.78 is 28.8. The van der Waals surface area contributed by atoms with Gasteiger partial charge in [0, 0.05) is 30.7 Å². The zero-order chi connectivity index (χ0) is 14.6. The Bertz CT molecular complexity index is 550. The maximum Gasteiger partial charge on any atom is 0.280 e. The zero-order valence-corrected chi connectivity index (χ0v) is 12.8. The summed E-state index contributed by atoms with van der Waals surface area (Å²) in [7, 11) is -3.51. The van der Waals surface area contributed by atoms with Crippen molar-refractivity contribution >= 4 is 21.8 Å². The highest BCUT2D eigenvalue weighted by Crippen LogP contribution is 2.20. The van der Waals surface area contributed by atoms with Crippen molar-refractivity contribution in [2.24, 2.45) is 5.73 Å². The summed E-state index contributed by atoms with van der Waals surface area (Å²) in [5.41, 5.74) is 6.43. The van der Waals surface area contributed by atoms with Crippen molar-refractivity contribution in [1.29, 1.82) is 0 Å². The van der Waals surface area contributed by atoms with Crippen molar-refractivity contribution in [3.63, 3.8) is 0 Å². The lowest BCUT2D eigenvalue weighted by atomic mass is 10.1. The summed E-state index contributed by atoms with van der Waals surface area (Å²) in [5, 5.41) is 0.559. The predicted octanol–water partition coefficient (Wildman–Crippen LogP) is 1.49. The highest BCUT2D eigenvalue weighted by molar-refractivity contribution is 7.87. The van der Waals surface area contributed by atoms with Crippen LogP contribution in [0.25, 0.3) is 0 Å². The van der Waals surface area contributed by atoms with Crippen LogP contribution in [0.4, 0.5) is 0 Å². The molecule has 0 radical (unpaired) electrons. The zero-order valence-electron chi connectivity index (χ0n) is 11.3. The van der Waals surface area contributed by atoms with Crippen LogP contribution in [0.2, 0.25) is 5.02 Å². The van der Waals surface area contributed by atoms with E-state index in [0.29, 0.717) is 18.1 Å². The van der Waals surface area contributed by atoms with Gasteiger partial charge < -0.3 is 5.73 Å². The number of rotatable bonds is 5. The fourth-order valence-corrected chi connectivity index (χ4v) is 4.08. The third kappa shape index (κ3) is 3.71. The van der Waals surface area contributed by atoms with E-state index in [1.165, 1.54) is 4.31 Å². The monoisotopic (exact) mass is 317 g/mol. The van der Waals surface area contributed by atoms with Gasteiger partial charge in [0.2, 0.25) is 0 Å². The van der Waals surface area contributed by atoms with Gasteiger partial charge in [0.05, 0.1) is 0 Å². The summed E-state index contributed by atoms with van der Waals surface area (Å²) in [5.74, 6) is 0. The molecule has 0 spiro atoms. The molecule has 0 amide bonds. The largest absolute Gasteiger partial charge is 0.329 e. The van der Waals surface area contributed by atoms with Gasteiger partial charge in [-0.3, -0.25) is 0 Å². The third-order valence-corrected chi connectivity index (χ3v) is 5.53. The normalized spacial score (nSPS) is 21.0. The van der Waals surface area contributed by atoms with Crippen LogP contribution in [-0.4, -0.2) is 31.9 Å². The molecular formula is C13H20ClN3O2S. The minimum Gasteiger partial charge on any atom is -0.329 e. The van der Waals surface area contributed by atoms with Gasteiger partial charge in [0.1, 0.15) is 0 Å². The molecule has 5 nitrogen and oxygen atoms in total. The third-order valence-electron chi connectivity index (χ3n) is 3.56. The smallest absolute Gasteiger partial charge is 0.280 e. The Morgan fingerprint density at radius 1 is 1.35 bits per heavy atom. The van der Waals surface area contributed by atoms with E-state index >= 15 is 0 Å². The van der Waals surface area contributed by atoms with Crippen LogP contribution in [0.15, 0.2) is 24.3 Å². The van der Waals surface area contributed by atoms with Crippen LogP contribution in [0, 0.1) is 0 Å². The number of hydrogen-bond acceptors (Lipinski definition) is 3. The van der Waals surface area contributed by atoms with Gasteiger partial charge in [-0.05, 0) is 24.5 Å². The number of piperidine rings is 1. The molecule has 112 valence electrons. The molecule has 1 saturated heterocycles. The van der Waals surface area contributed by atoms with E-state index in [4.69, 9.17) is 17.3 Å². The summed E-state index contributed by atoms with van der Waals surface area (Å²) in [6.45, 7) is 1.07. The lowest BCUT2D eigenvalue weighted by molar-refractivity contribution is 0.254. The molecule has 0 bridgehead atoms. The number of nitrogens with one attached hydrogen (secondary N) is 1. The van der Waals surface area contributed by atoms with Gasteiger partial charge in [-0.25, -0.2) is 0 Å². The summed E-state index contributed by atoms with van der Waals surface area (Å²) in [6.07, 6.45) is 2.73. The van der Waals surface area contributed by atoms with Crippen LogP contribution in [0.1, 0.15) is 24.8 Å². The quantitative estimate of drug-likeness (QED) is 0.864. The van der Waals surface area contributed by atoms with Crippen molar-refractivity contribution in [3.8, 4) is 0 Å². The van der Waals surface area contributed by atoms with Crippen molar-refractivity contribution < 1.29 is 8.42 Å². The first kappa shape index (κ1) is 15.7. The Balaban J connectivity index is 2.05. The molecule has 1 aliphatic rings. The van der Waals surface area contributed by atoms with Crippen LogP contribution in [-0.2, 0) is 16.8 Å². The minimum atomic E-state index is -3.51. The minimum absolute atomic E-state index is 0.104. The van der Waals surface area contributed by atoms with Crippen LogP contribution >= 0.6 is 11.6 Å². The van der Waals surface area contributed by atoms with Crippen molar-refractivity contribution in [2.75, 3.05) is 13.1 Å². The first-order valence-corrected chi connectivity index (χ1v) is 8.56. The molecule has 7 heteroatoms. The Hall–Kier alpha value is -0.660. The maximum atomic E-state index is 12.4. The molecule has 1 aliphatic heterocycles. The standard InChI is InChI=1S/C13H20ClN3O2S/c14-13-7-2-1-5-11(13)10-16-20(18,19)17-8-4-3-6-12(17)9-15/h1-2,5,7,12,16H,3-4,6,8-10,15H2. The average molecular weight is 318 g/mol. The fraction of sp³-hybridized carbons (Fsp3) is 0.538. The van der Waals surface area contributed by atoms with Crippen LogP contribution in [0.5, 0.6) is 0 Å². The Labute approximate surface area is 125 Å². The highest BCUT2D eigenvalue weighted by atomic mass is 35.5. The lowest BCUT2D eigenvalue weighted by Crippen LogP contribution is -2.51. The molecule has 3 N–H and O–H groups in total. The van der Waals surface area contributed by atoms with Gasteiger partial charge in [0.25, 0.3) is 10.2 Å². The molecule has 0 saturated carbocycles. The summed E-state index contributed by atoms with van der Waals surface area (Å²) >= 11 is 6.03. The predicted molar refractivity (Wildman–Crippen MR) is 80.6 cm³/mol. The van der Waals surface area contributed by atoms with Crippen molar-refractivity contribution in [2.45, 2.75) is 31.8 Å². The summed E-state index contributed by atoms with van der Waals surface area (Å²) in [4.78, 5) is 0. The molecule has 1 heterocycles. The van der Waals surface area contributed by atoms with Crippen molar-refractivity contribution in [1.82, 2.24) is 9.03 Å². The average Bonchev–Trinajstić information content (AvgIpc) is 2.46. The Morgan fingerprint density at radius 2 is 2.10 bits per heavy atom. The molecule has 20 heavy (non-hydrogen) atoms. The van der Waals surface area contributed by atoms with Gasteiger partial charge in [-0.15, -0.1) is 0 Å². The van der Waals surface area contributed by atoms with Gasteiger partial charge in [0.15, 0.2) is 0 Å². The van der Waals surface area contributed by atoms with E-state index in [0.717, 1.165) is 24.8 Å². The molecule has 0 aliphatic carbocycles. The van der Waals surface area contributed by atoms with Gasteiger partial charge >= 0.3 is 0 Å². The number of hydrogen-bond donors (Lipinski definition) is 2. The second kappa shape index (κ2) is 6.87. The van der Waals surface area contributed by atoms with E-state index in [2.05, 4.69) is 4.72 Å². The van der Waals surface area contributed by atoms with E-state index in [1.54, 1.807) is 6.07 Å². The number of nitrogens with two attached hydrogens (primary N) is 1. The van der Waals surface area contributed by atoms with Crippen LogP contribution in [0.3, 0.4) is 0 Å². The maximum absolute atomic E-state index is 12.4. The Kier molecular flexibility index (Phi) is 5.40. The number of benzene rings is 1. The molecule has 1 atom stereocenters. The molecule has 1 fully saturated rings. The number of halogens is 1. The number of nitrogens with zero attached hydrogens (tertiary/aromatic N) is 1. The molecule has 2 rings (SSSR count). The molecule has 1 aromatic carbocycles. The SMILES string of the molecule is NCC1CCCCN1S(=O)(=O)NCc1ccccc1Cl. The Morgan fingerprint density at radius 3 is 2.80 bits per heavy atom. The highest BCUT2D eigenvalue weighted by Gasteiger charge is 2.31.